The maximum atomic E-state index is 5.72. The average molecular weight is 285 g/mol. The quantitative estimate of drug-likeness (QED) is 0.776. The summed E-state index contributed by atoms with van der Waals surface area (Å²) in [7, 11) is 0. The fourth-order valence-electron chi connectivity index (χ4n) is 1.34. The van der Waals surface area contributed by atoms with Crippen LogP contribution in [0.15, 0.2) is 22.7 Å². The highest BCUT2D eigenvalue weighted by Gasteiger charge is 2.15. The maximum Gasteiger partial charge on any atom is 0.133 e. The minimum absolute atomic E-state index is 0.180. The van der Waals surface area contributed by atoms with Gasteiger partial charge >= 0.3 is 0 Å². The lowest BCUT2D eigenvalue weighted by Gasteiger charge is -2.20. The molecule has 1 aromatic rings. The van der Waals surface area contributed by atoms with Gasteiger partial charge in [-0.2, -0.15) is 0 Å². The fourth-order valence-corrected chi connectivity index (χ4v) is 1.83. The third kappa shape index (κ3) is 3.82. The Morgan fingerprint density at radius 1 is 1.25 bits per heavy atom. The van der Waals surface area contributed by atoms with Gasteiger partial charge in [-0.1, -0.05) is 40.7 Å². The van der Waals surface area contributed by atoms with Gasteiger partial charge in [0.2, 0.25) is 0 Å². The topological polar surface area (TPSA) is 9.23 Å². The van der Waals surface area contributed by atoms with Crippen molar-refractivity contribution >= 4 is 15.9 Å². The lowest BCUT2D eigenvalue weighted by molar-refractivity contribution is 0.269. The largest absolute Gasteiger partial charge is 0.492 e. The summed E-state index contributed by atoms with van der Waals surface area (Å²) in [4.78, 5) is 0. The van der Waals surface area contributed by atoms with Gasteiger partial charge in [0, 0.05) is 0 Å². The van der Waals surface area contributed by atoms with Crippen LogP contribution in [0.25, 0.3) is 0 Å². The first kappa shape index (κ1) is 13.6. The predicted molar refractivity (Wildman–Crippen MR) is 73.2 cm³/mol. The standard InChI is InChI=1S/C14H21BrO/c1-10(2)9-16-13-7-6-11(8-12(13)15)14(3,4)5/h6-8,10H,9H2,1-5H3. The molecule has 0 N–H and O–H groups in total. The summed E-state index contributed by atoms with van der Waals surface area (Å²) in [5.41, 5.74) is 1.50. The van der Waals surface area contributed by atoms with Crippen LogP contribution >= 0.6 is 15.9 Å². The van der Waals surface area contributed by atoms with E-state index in [0.29, 0.717) is 5.92 Å². The van der Waals surface area contributed by atoms with E-state index in [1.165, 1.54) is 5.56 Å². The monoisotopic (exact) mass is 284 g/mol. The summed E-state index contributed by atoms with van der Waals surface area (Å²) in [6.45, 7) is 11.7. The molecule has 0 aliphatic rings. The summed E-state index contributed by atoms with van der Waals surface area (Å²) >= 11 is 3.56. The second-order valence-electron chi connectivity index (χ2n) is 5.60. The van der Waals surface area contributed by atoms with Gasteiger partial charge in [-0.15, -0.1) is 0 Å². The van der Waals surface area contributed by atoms with E-state index in [1.54, 1.807) is 0 Å². The zero-order valence-electron chi connectivity index (χ0n) is 10.8. The lowest BCUT2D eigenvalue weighted by atomic mass is 9.87. The molecule has 2 heteroatoms. The molecule has 0 aliphatic heterocycles. The highest BCUT2D eigenvalue weighted by molar-refractivity contribution is 9.10. The van der Waals surface area contributed by atoms with Crippen molar-refractivity contribution in [2.24, 2.45) is 5.92 Å². The van der Waals surface area contributed by atoms with E-state index in [9.17, 15) is 0 Å². The Bertz CT molecular complexity index is 350. The molecule has 0 bridgehead atoms. The first-order valence-electron chi connectivity index (χ1n) is 5.73. The average Bonchev–Trinajstić information content (AvgIpc) is 2.14. The Morgan fingerprint density at radius 3 is 2.31 bits per heavy atom. The first-order chi connectivity index (χ1) is 7.30. The Hall–Kier alpha value is -0.500. The van der Waals surface area contributed by atoms with Crippen LogP contribution < -0.4 is 4.74 Å². The second kappa shape index (κ2) is 5.22. The van der Waals surface area contributed by atoms with Gasteiger partial charge in [0.25, 0.3) is 0 Å². The Balaban J connectivity index is 2.84. The van der Waals surface area contributed by atoms with Gasteiger partial charge in [0.1, 0.15) is 5.75 Å². The molecule has 1 nitrogen and oxygen atoms in total. The van der Waals surface area contributed by atoms with Crippen LogP contribution in [0.1, 0.15) is 40.2 Å². The molecule has 1 rings (SSSR count). The van der Waals surface area contributed by atoms with Gasteiger partial charge in [0.15, 0.2) is 0 Å². The van der Waals surface area contributed by atoms with E-state index in [0.717, 1.165) is 16.8 Å². The van der Waals surface area contributed by atoms with Crippen molar-refractivity contribution in [1.29, 1.82) is 0 Å². The van der Waals surface area contributed by atoms with Gasteiger partial charge in [-0.05, 0) is 45.0 Å². The van der Waals surface area contributed by atoms with Crippen molar-refractivity contribution in [1.82, 2.24) is 0 Å². The van der Waals surface area contributed by atoms with Crippen LogP contribution in [-0.2, 0) is 5.41 Å². The molecular weight excluding hydrogens is 264 g/mol. The molecule has 0 saturated carbocycles. The van der Waals surface area contributed by atoms with Crippen LogP contribution in [0.4, 0.5) is 0 Å². The SMILES string of the molecule is CC(C)COc1ccc(C(C)(C)C)cc1Br. The summed E-state index contributed by atoms with van der Waals surface area (Å²) in [6, 6.07) is 6.34. The van der Waals surface area contributed by atoms with Crippen molar-refractivity contribution < 1.29 is 4.74 Å². The number of benzene rings is 1. The molecule has 0 spiro atoms. The van der Waals surface area contributed by atoms with E-state index in [2.05, 4.69) is 62.7 Å². The summed E-state index contributed by atoms with van der Waals surface area (Å²) in [5, 5.41) is 0. The molecule has 0 amide bonds. The van der Waals surface area contributed by atoms with E-state index in [1.807, 2.05) is 6.07 Å². The number of halogens is 1. The normalized spacial score (nSPS) is 11.9. The molecule has 0 heterocycles. The van der Waals surface area contributed by atoms with Crippen molar-refractivity contribution in [3.63, 3.8) is 0 Å². The Kier molecular flexibility index (Phi) is 4.43. The highest BCUT2D eigenvalue weighted by atomic mass is 79.9. The van der Waals surface area contributed by atoms with Gasteiger partial charge in [0.05, 0.1) is 11.1 Å². The molecule has 0 aromatic heterocycles. The lowest BCUT2D eigenvalue weighted by Crippen LogP contribution is -2.11. The fraction of sp³-hybridized carbons (Fsp3) is 0.571. The van der Waals surface area contributed by atoms with Crippen molar-refractivity contribution in [3.8, 4) is 5.75 Å². The third-order valence-electron chi connectivity index (χ3n) is 2.37. The van der Waals surface area contributed by atoms with E-state index in [-0.39, 0.29) is 5.41 Å². The van der Waals surface area contributed by atoms with Crippen LogP contribution in [0.5, 0.6) is 5.75 Å². The van der Waals surface area contributed by atoms with E-state index < -0.39 is 0 Å². The Morgan fingerprint density at radius 2 is 1.88 bits per heavy atom. The number of hydrogen-bond donors (Lipinski definition) is 0. The van der Waals surface area contributed by atoms with Crippen LogP contribution in [-0.4, -0.2) is 6.61 Å². The van der Waals surface area contributed by atoms with Crippen molar-refractivity contribution in [2.75, 3.05) is 6.61 Å². The molecular formula is C14H21BrO. The zero-order chi connectivity index (χ0) is 12.3. The molecule has 16 heavy (non-hydrogen) atoms. The molecule has 0 saturated heterocycles. The van der Waals surface area contributed by atoms with Crippen molar-refractivity contribution in [3.05, 3.63) is 28.2 Å². The van der Waals surface area contributed by atoms with Crippen molar-refractivity contribution in [2.45, 2.75) is 40.0 Å². The Labute approximate surface area is 107 Å². The predicted octanol–water partition coefficient (Wildman–Crippen LogP) is 4.78. The summed E-state index contributed by atoms with van der Waals surface area (Å²) < 4.78 is 6.76. The minimum Gasteiger partial charge on any atom is -0.492 e. The molecule has 0 atom stereocenters. The minimum atomic E-state index is 0.180. The number of hydrogen-bond acceptors (Lipinski definition) is 1. The van der Waals surface area contributed by atoms with Crippen LogP contribution in [0.3, 0.4) is 0 Å². The number of rotatable bonds is 3. The highest BCUT2D eigenvalue weighted by Crippen LogP contribution is 2.31. The second-order valence-corrected chi connectivity index (χ2v) is 6.45. The third-order valence-corrected chi connectivity index (χ3v) is 2.99. The smallest absolute Gasteiger partial charge is 0.133 e. The number of ether oxygens (including phenoxy) is 1. The van der Waals surface area contributed by atoms with E-state index >= 15 is 0 Å². The van der Waals surface area contributed by atoms with Crippen LogP contribution in [0.2, 0.25) is 0 Å². The molecule has 0 radical (unpaired) electrons. The molecule has 0 fully saturated rings. The molecule has 90 valence electrons. The molecule has 1 aromatic carbocycles. The van der Waals surface area contributed by atoms with Gasteiger partial charge < -0.3 is 4.74 Å². The summed E-state index contributed by atoms with van der Waals surface area (Å²) in [5.74, 6) is 1.48. The molecule has 0 unspecified atom stereocenters. The summed E-state index contributed by atoms with van der Waals surface area (Å²) in [6.07, 6.45) is 0. The molecule has 0 aliphatic carbocycles. The first-order valence-corrected chi connectivity index (χ1v) is 6.53. The maximum absolute atomic E-state index is 5.72. The van der Waals surface area contributed by atoms with Crippen LogP contribution in [0, 0.1) is 5.92 Å². The van der Waals surface area contributed by atoms with Gasteiger partial charge in [-0.3, -0.25) is 0 Å². The zero-order valence-corrected chi connectivity index (χ0v) is 12.4. The van der Waals surface area contributed by atoms with Gasteiger partial charge in [-0.25, -0.2) is 0 Å². The van der Waals surface area contributed by atoms with E-state index in [4.69, 9.17) is 4.74 Å².